The Hall–Kier alpha value is -1.61. The minimum absolute atomic E-state index is 0.794. The minimum Gasteiger partial charge on any atom is -0.371 e. The Balaban J connectivity index is 1.51. The molecule has 0 radical (unpaired) electrons. The van der Waals surface area contributed by atoms with Gasteiger partial charge in [-0.3, -0.25) is 4.98 Å². The van der Waals surface area contributed by atoms with E-state index in [1.165, 1.54) is 50.0 Å². The van der Waals surface area contributed by atoms with Gasteiger partial charge in [0.1, 0.15) is 0 Å². The first-order chi connectivity index (χ1) is 9.90. The lowest BCUT2D eigenvalue weighted by atomic mass is 10.1. The molecule has 1 atom stereocenters. The maximum absolute atomic E-state index is 4.46. The zero-order valence-corrected chi connectivity index (χ0v) is 11.8. The summed E-state index contributed by atoms with van der Waals surface area (Å²) >= 11 is 0. The number of pyridine rings is 1. The van der Waals surface area contributed by atoms with Crippen molar-refractivity contribution in [1.82, 2.24) is 10.3 Å². The third-order valence-electron chi connectivity index (χ3n) is 4.52. The summed E-state index contributed by atoms with van der Waals surface area (Å²) in [5.41, 5.74) is 2.45. The Morgan fingerprint density at radius 3 is 3.00 bits per heavy atom. The number of benzene rings is 1. The fourth-order valence-electron chi connectivity index (χ4n) is 3.20. The lowest BCUT2D eigenvalue weighted by Gasteiger charge is -2.20. The van der Waals surface area contributed by atoms with E-state index in [4.69, 9.17) is 0 Å². The quantitative estimate of drug-likeness (QED) is 0.923. The van der Waals surface area contributed by atoms with Crippen molar-refractivity contribution in [1.29, 1.82) is 0 Å². The van der Waals surface area contributed by atoms with Crippen LogP contribution in [-0.4, -0.2) is 30.7 Å². The highest BCUT2D eigenvalue weighted by Gasteiger charge is 2.26. The van der Waals surface area contributed by atoms with Crippen molar-refractivity contribution in [2.24, 2.45) is 5.92 Å². The molecule has 1 aliphatic heterocycles. The molecule has 1 saturated heterocycles. The van der Waals surface area contributed by atoms with Crippen LogP contribution in [0.3, 0.4) is 0 Å². The third kappa shape index (κ3) is 2.38. The van der Waals surface area contributed by atoms with Gasteiger partial charge in [-0.05, 0) is 56.0 Å². The fourth-order valence-corrected chi connectivity index (χ4v) is 3.20. The Labute approximate surface area is 120 Å². The van der Waals surface area contributed by atoms with Crippen molar-refractivity contribution in [2.75, 3.05) is 24.5 Å². The first kappa shape index (κ1) is 12.2. The molecule has 1 aliphatic carbocycles. The van der Waals surface area contributed by atoms with Gasteiger partial charge < -0.3 is 10.2 Å². The zero-order valence-electron chi connectivity index (χ0n) is 11.8. The first-order valence-electron chi connectivity index (χ1n) is 7.72. The smallest absolute Gasteiger partial charge is 0.0722 e. The number of nitrogens with zero attached hydrogens (tertiary/aromatic N) is 2. The van der Waals surface area contributed by atoms with E-state index in [2.05, 4.69) is 39.5 Å². The highest BCUT2D eigenvalue weighted by Crippen LogP contribution is 2.30. The largest absolute Gasteiger partial charge is 0.371 e. The molecule has 1 unspecified atom stereocenters. The van der Waals surface area contributed by atoms with Crippen molar-refractivity contribution in [3.05, 3.63) is 36.5 Å². The van der Waals surface area contributed by atoms with Crippen LogP contribution in [0.15, 0.2) is 36.5 Å². The second-order valence-corrected chi connectivity index (χ2v) is 6.13. The molecule has 1 aromatic carbocycles. The Kier molecular flexibility index (Phi) is 3.07. The van der Waals surface area contributed by atoms with Gasteiger partial charge in [-0.1, -0.05) is 6.07 Å². The highest BCUT2D eigenvalue weighted by molar-refractivity contribution is 5.91. The molecule has 2 fully saturated rings. The molecule has 0 bridgehead atoms. The lowest BCUT2D eigenvalue weighted by molar-refractivity contribution is 0.515. The van der Waals surface area contributed by atoms with E-state index in [1.54, 1.807) is 0 Å². The van der Waals surface area contributed by atoms with Crippen LogP contribution in [0.4, 0.5) is 5.69 Å². The molecule has 3 heteroatoms. The molecule has 104 valence electrons. The number of fused-ring (bicyclic) bond motifs is 1. The molecule has 0 spiro atoms. The molecule has 2 aromatic rings. The molecule has 3 nitrogen and oxygen atoms in total. The second kappa shape index (κ2) is 5.06. The molecule has 4 rings (SSSR count). The summed E-state index contributed by atoms with van der Waals surface area (Å²) in [6.07, 6.45) is 5.94. The molecular formula is C17H21N3. The van der Waals surface area contributed by atoms with Crippen molar-refractivity contribution in [2.45, 2.75) is 25.3 Å². The Morgan fingerprint density at radius 1 is 1.15 bits per heavy atom. The van der Waals surface area contributed by atoms with E-state index in [0.717, 1.165) is 17.5 Å². The Bertz CT molecular complexity index is 601. The minimum atomic E-state index is 0.794. The number of nitrogens with one attached hydrogen (secondary N) is 1. The van der Waals surface area contributed by atoms with Gasteiger partial charge in [0, 0.05) is 36.4 Å². The van der Waals surface area contributed by atoms with Gasteiger partial charge in [0.2, 0.25) is 0 Å². The molecule has 2 heterocycles. The van der Waals surface area contributed by atoms with E-state index in [0.29, 0.717) is 0 Å². The summed E-state index contributed by atoms with van der Waals surface area (Å²) < 4.78 is 0. The van der Waals surface area contributed by atoms with Crippen molar-refractivity contribution in [3.8, 4) is 0 Å². The molecule has 2 aliphatic rings. The van der Waals surface area contributed by atoms with Gasteiger partial charge in [-0.2, -0.15) is 0 Å². The standard InChI is InChI=1S/C17H21N3/c1-4-16-15(3-2-9-18-16)17(5-1)20-10-8-13(12-20)11-19-14-6-7-14/h1-5,9,13-14,19H,6-8,10-12H2. The first-order valence-corrected chi connectivity index (χ1v) is 7.72. The third-order valence-corrected chi connectivity index (χ3v) is 4.52. The van der Waals surface area contributed by atoms with E-state index in [9.17, 15) is 0 Å². The number of rotatable bonds is 4. The normalized spacial score (nSPS) is 22.6. The summed E-state index contributed by atoms with van der Waals surface area (Å²) in [6.45, 7) is 3.53. The van der Waals surface area contributed by atoms with Gasteiger partial charge in [-0.25, -0.2) is 0 Å². The average Bonchev–Trinajstić information content (AvgIpc) is 3.21. The van der Waals surface area contributed by atoms with Crippen LogP contribution in [-0.2, 0) is 0 Å². The zero-order chi connectivity index (χ0) is 13.4. The van der Waals surface area contributed by atoms with Crippen LogP contribution in [0, 0.1) is 5.92 Å². The summed E-state index contributed by atoms with van der Waals surface area (Å²) in [6, 6.07) is 11.5. The van der Waals surface area contributed by atoms with E-state index in [1.807, 2.05) is 12.3 Å². The number of aromatic nitrogens is 1. The second-order valence-electron chi connectivity index (χ2n) is 6.13. The SMILES string of the molecule is c1cc(N2CCC(CNC3CC3)C2)c2cccnc2c1. The molecular weight excluding hydrogens is 246 g/mol. The number of hydrogen-bond acceptors (Lipinski definition) is 3. The average molecular weight is 267 g/mol. The van der Waals surface area contributed by atoms with Crippen LogP contribution in [0.5, 0.6) is 0 Å². The van der Waals surface area contributed by atoms with Crippen molar-refractivity contribution >= 4 is 16.6 Å². The number of hydrogen-bond donors (Lipinski definition) is 1. The van der Waals surface area contributed by atoms with Gasteiger partial charge in [0.25, 0.3) is 0 Å². The van der Waals surface area contributed by atoms with Crippen LogP contribution < -0.4 is 10.2 Å². The molecule has 0 amide bonds. The monoisotopic (exact) mass is 267 g/mol. The molecule has 1 saturated carbocycles. The van der Waals surface area contributed by atoms with Crippen LogP contribution in [0.1, 0.15) is 19.3 Å². The van der Waals surface area contributed by atoms with E-state index < -0.39 is 0 Å². The van der Waals surface area contributed by atoms with Crippen molar-refractivity contribution < 1.29 is 0 Å². The van der Waals surface area contributed by atoms with Gasteiger partial charge >= 0.3 is 0 Å². The lowest BCUT2D eigenvalue weighted by Crippen LogP contribution is -2.27. The van der Waals surface area contributed by atoms with Gasteiger partial charge in [0.15, 0.2) is 0 Å². The van der Waals surface area contributed by atoms with E-state index >= 15 is 0 Å². The van der Waals surface area contributed by atoms with Gasteiger partial charge in [0.05, 0.1) is 5.52 Å². The van der Waals surface area contributed by atoms with Gasteiger partial charge in [-0.15, -0.1) is 0 Å². The summed E-state index contributed by atoms with van der Waals surface area (Å²) in [4.78, 5) is 6.99. The number of anilines is 1. The van der Waals surface area contributed by atoms with E-state index in [-0.39, 0.29) is 0 Å². The predicted octanol–water partition coefficient (Wildman–Crippen LogP) is 2.81. The molecule has 20 heavy (non-hydrogen) atoms. The fraction of sp³-hybridized carbons (Fsp3) is 0.471. The summed E-state index contributed by atoms with van der Waals surface area (Å²) in [5, 5.41) is 4.95. The predicted molar refractivity (Wildman–Crippen MR) is 83.1 cm³/mol. The summed E-state index contributed by atoms with van der Waals surface area (Å²) in [5.74, 6) is 0.794. The van der Waals surface area contributed by atoms with Crippen LogP contribution in [0.2, 0.25) is 0 Å². The van der Waals surface area contributed by atoms with Crippen LogP contribution >= 0.6 is 0 Å². The maximum atomic E-state index is 4.46. The topological polar surface area (TPSA) is 28.2 Å². The summed E-state index contributed by atoms with van der Waals surface area (Å²) in [7, 11) is 0. The van der Waals surface area contributed by atoms with Crippen molar-refractivity contribution in [3.63, 3.8) is 0 Å². The Morgan fingerprint density at radius 2 is 2.10 bits per heavy atom. The maximum Gasteiger partial charge on any atom is 0.0722 e. The molecule has 1 aromatic heterocycles. The molecule has 1 N–H and O–H groups in total. The van der Waals surface area contributed by atoms with Crippen LogP contribution in [0.25, 0.3) is 10.9 Å². The highest BCUT2D eigenvalue weighted by atomic mass is 15.2.